The normalized spacial score (nSPS) is 9.67. The third-order valence-electron chi connectivity index (χ3n) is 0.348. The summed E-state index contributed by atoms with van der Waals surface area (Å²) in [6.07, 6.45) is 1.78. The Hall–Kier alpha value is -0.590. The molecule has 0 rings (SSSR count). The lowest BCUT2D eigenvalue weighted by Gasteiger charge is -1.73. The standard InChI is InChI=1S/C5H7F/c1-5(2)3-4-6/h3-4H,1H2,2H3. The van der Waals surface area contributed by atoms with Gasteiger partial charge in [-0.25, -0.2) is 4.39 Å². The van der Waals surface area contributed by atoms with Crippen molar-refractivity contribution in [2.24, 2.45) is 0 Å². The molecule has 0 heterocycles. The Bertz CT molecular complexity index is 72.0. The van der Waals surface area contributed by atoms with Crippen molar-refractivity contribution in [1.29, 1.82) is 0 Å². The van der Waals surface area contributed by atoms with E-state index in [9.17, 15) is 4.39 Å². The molecule has 0 aliphatic carbocycles. The largest absolute Gasteiger partial charge is 0.216 e. The summed E-state index contributed by atoms with van der Waals surface area (Å²) in [5.74, 6) is 0. The lowest BCUT2D eigenvalue weighted by molar-refractivity contribution is 0.720. The molecule has 0 aromatic carbocycles. The van der Waals surface area contributed by atoms with Gasteiger partial charge in [0.1, 0.15) is 0 Å². The van der Waals surface area contributed by atoms with Gasteiger partial charge in [-0.2, -0.15) is 0 Å². The lowest BCUT2D eigenvalue weighted by Crippen LogP contribution is -1.53. The number of rotatable bonds is 1. The molecule has 0 atom stereocenters. The molecule has 0 aromatic rings. The Labute approximate surface area is 37.0 Å². The van der Waals surface area contributed by atoms with E-state index in [-0.39, 0.29) is 0 Å². The van der Waals surface area contributed by atoms with Gasteiger partial charge in [0.25, 0.3) is 0 Å². The van der Waals surface area contributed by atoms with E-state index in [1.165, 1.54) is 6.08 Å². The smallest absolute Gasteiger partial charge is 0.0869 e. The Morgan fingerprint density at radius 1 is 1.83 bits per heavy atom. The van der Waals surface area contributed by atoms with Gasteiger partial charge in [0.15, 0.2) is 0 Å². The SMILES string of the molecule is C=C(C)C=CF. The van der Waals surface area contributed by atoms with Crippen LogP contribution in [0, 0.1) is 0 Å². The molecule has 0 unspecified atom stereocenters. The minimum absolute atomic E-state index is 0.475. The Morgan fingerprint density at radius 3 is 2.33 bits per heavy atom. The highest BCUT2D eigenvalue weighted by Crippen LogP contribution is 1.86. The molecule has 0 aromatic heterocycles. The van der Waals surface area contributed by atoms with Gasteiger partial charge in [-0.05, 0) is 13.0 Å². The van der Waals surface area contributed by atoms with Gasteiger partial charge < -0.3 is 0 Å². The van der Waals surface area contributed by atoms with E-state index in [4.69, 9.17) is 0 Å². The highest BCUT2D eigenvalue weighted by molar-refractivity contribution is 5.07. The molecule has 0 spiro atoms. The first-order valence-electron chi connectivity index (χ1n) is 1.69. The molecule has 0 amide bonds. The lowest BCUT2D eigenvalue weighted by atomic mass is 10.4. The van der Waals surface area contributed by atoms with Crippen molar-refractivity contribution in [3.63, 3.8) is 0 Å². The van der Waals surface area contributed by atoms with Crippen LogP contribution in [0.15, 0.2) is 24.6 Å². The molecule has 0 fully saturated rings. The van der Waals surface area contributed by atoms with Crippen molar-refractivity contribution in [2.45, 2.75) is 6.92 Å². The third-order valence-corrected chi connectivity index (χ3v) is 0.348. The summed E-state index contributed by atoms with van der Waals surface area (Å²) in [5, 5.41) is 0. The van der Waals surface area contributed by atoms with Crippen molar-refractivity contribution in [3.8, 4) is 0 Å². The second kappa shape index (κ2) is 2.64. The third kappa shape index (κ3) is 3.41. The van der Waals surface area contributed by atoms with Crippen LogP contribution in [-0.4, -0.2) is 0 Å². The van der Waals surface area contributed by atoms with Crippen LogP contribution in [0.2, 0.25) is 0 Å². The molecule has 6 heavy (non-hydrogen) atoms. The van der Waals surface area contributed by atoms with Crippen LogP contribution >= 0.6 is 0 Å². The fourth-order valence-corrected chi connectivity index (χ4v) is 0.108. The molecule has 0 aliphatic heterocycles. The summed E-state index contributed by atoms with van der Waals surface area (Å²) in [6, 6.07) is 0. The number of hydrogen-bond donors (Lipinski definition) is 0. The van der Waals surface area contributed by atoms with Crippen molar-refractivity contribution in [1.82, 2.24) is 0 Å². The molecule has 0 saturated carbocycles. The van der Waals surface area contributed by atoms with Crippen molar-refractivity contribution >= 4 is 0 Å². The fourth-order valence-electron chi connectivity index (χ4n) is 0.108. The van der Waals surface area contributed by atoms with Gasteiger partial charge in [0, 0.05) is 0 Å². The molecule has 0 bridgehead atoms. The van der Waals surface area contributed by atoms with Crippen LogP contribution in [-0.2, 0) is 0 Å². The predicted molar refractivity (Wildman–Crippen MR) is 25.1 cm³/mol. The molecule has 1 heteroatoms. The van der Waals surface area contributed by atoms with E-state index >= 15 is 0 Å². The number of halogens is 1. The second-order valence-corrected chi connectivity index (χ2v) is 1.14. The highest BCUT2D eigenvalue weighted by Gasteiger charge is 1.66. The first-order chi connectivity index (χ1) is 2.77. The number of hydrogen-bond acceptors (Lipinski definition) is 0. The molecule has 0 radical (unpaired) electrons. The summed E-state index contributed by atoms with van der Waals surface area (Å²) in [5.41, 5.74) is 0.734. The van der Waals surface area contributed by atoms with Gasteiger partial charge in [0.2, 0.25) is 0 Å². The average Bonchev–Trinajstić information content (AvgIpc) is 1.35. The maximum Gasteiger partial charge on any atom is 0.0869 e. The summed E-state index contributed by atoms with van der Waals surface area (Å²) in [6.45, 7) is 5.15. The van der Waals surface area contributed by atoms with Crippen LogP contribution in [0.3, 0.4) is 0 Å². The minimum atomic E-state index is 0.475. The summed E-state index contributed by atoms with van der Waals surface area (Å²) >= 11 is 0. The van der Waals surface area contributed by atoms with Crippen molar-refractivity contribution in [3.05, 3.63) is 24.6 Å². The van der Waals surface area contributed by atoms with Gasteiger partial charge in [-0.15, -0.1) is 0 Å². The average molecular weight is 86.1 g/mol. The summed E-state index contributed by atoms with van der Waals surface area (Å²) in [7, 11) is 0. The maximum absolute atomic E-state index is 11.0. The minimum Gasteiger partial charge on any atom is -0.216 e. The molecule has 0 N–H and O–H groups in total. The van der Waals surface area contributed by atoms with Gasteiger partial charge in [0.05, 0.1) is 6.33 Å². The Morgan fingerprint density at radius 2 is 2.33 bits per heavy atom. The van der Waals surface area contributed by atoms with E-state index < -0.39 is 0 Å². The van der Waals surface area contributed by atoms with Gasteiger partial charge >= 0.3 is 0 Å². The first-order valence-corrected chi connectivity index (χ1v) is 1.69. The van der Waals surface area contributed by atoms with Crippen LogP contribution < -0.4 is 0 Å². The monoisotopic (exact) mass is 86.1 g/mol. The Balaban J connectivity index is 3.30. The topological polar surface area (TPSA) is 0 Å². The van der Waals surface area contributed by atoms with E-state index in [0.717, 1.165) is 5.57 Å². The fraction of sp³-hybridized carbons (Fsp3) is 0.200. The van der Waals surface area contributed by atoms with Crippen LogP contribution in [0.5, 0.6) is 0 Å². The Kier molecular flexibility index (Phi) is 2.38. The zero-order valence-corrected chi connectivity index (χ0v) is 3.74. The van der Waals surface area contributed by atoms with E-state index in [1.54, 1.807) is 6.92 Å². The van der Waals surface area contributed by atoms with E-state index in [2.05, 4.69) is 6.58 Å². The van der Waals surface area contributed by atoms with Crippen molar-refractivity contribution < 1.29 is 4.39 Å². The molecular weight excluding hydrogens is 79.1 g/mol. The summed E-state index contributed by atoms with van der Waals surface area (Å²) < 4.78 is 11.0. The van der Waals surface area contributed by atoms with E-state index in [0.29, 0.717) is 6.33 Å². The highest BCUT2D eigenvalue weighted by atomic mass is 19.1. The van der Waals surface area contributed by atoms with Crippen LogP contribution in [0.1, 0.15) is 6.92 Å². The quantitative estimate of drug-likeness (QED) is 0.428. The van der Waals surface area contributed by atoms with Crippen LogP contribution in [0.25, 0.3) is 0 Å². The molecule has 0 nitrogen and oxygen atoms in total. The predicted octanol–water partition coefficient (Wildman–Crippen LogP) is 2.05. The van der Waals surface area contributed by atoms with Gasteiger partial charge in [-0.3, -0.25) is 0 Å². The second-order valence-electron chi connectivity index (χ2n) is 1.14. The van der Waals surface area contributed by atoms with Crippen molar-refractivity contribution in [2.75, 3.05) is 0 Å². The molecular formula is C5H7F. The van der Waals surface area contributed by atoms with Gasteiger partial charge in [-0.1, -0.05) is 12.2 Å². The maximum atomic E-state index is 11.0. The molecule has 0 saturated heterocycles. The zero-order valence-electron chi connectivity index (χ0n) is 3.74. The molecule has 0 aliphatic rings. The number of allylic oxidation sites excluding steroid dienone is 2. The molecule has 34 valence electrons. The van der Waals surface area contributed by atoms with E-state index in [1.807, 2.05) is 0 Å². The first kappa shape index (κ1) is 5.41. The van der Waals surface area contributed by atoms with Crippen LogP contribution in [0.4, 0.5) is 4.39 Å². The zero-order chi connectivity index (χ0) is 4.99. The summed E-state index contributed by atoms with van der Waals surface area (Å²) in [4.78, 5) is 0.